The molecule has 0 aliphatic carbocycles. The summed E-state index contributed by atoms with van der Waals surface area (Å²) < 4.78 is 37.6. The van der Waals surface area contributed by atoms with Crippen LogP contribution in [0, 0.1) is 5.41 Å². The van der Waals surface area contributed by atoms with Gasteiger partial charge in [0.15, 0.2) is 0 Å². The van der Waals surface area contributed by atoms with Gasteiger partial charge in [0.25, 0.3) is 0 Å². The van der Waals surface area contributed by atoms with Gasteiger partial charge in [-0.3, -0.25) is 4.99 Å². The van der Waals surface area contributed by atoms with E-state index >= 15 is 0 Å². The fourth-order valence-electron chi connectivity index (χ4n) is 1.38. The molecule has 0 aliphatic heterocycles. The van der Waals surface area contributed by atoms with Crippen LogP contribution in [0.2, 0.25) is 0 Å². The normalized spacial score (nSPS) is 13.7. The monoisotopic (exact) mass is 273 g/mol. The fourth-order valence-corrected chi connectivity index (χ4v) is 1.38. The third-order valence-corrected chi connectivity index (χ3v) is 2.62. The predicted molar refractivity (Wildman–Crippen MR) is 70.6 cm³/mol. The van der Waals surface area contributed by atoms with E-state index in [1.54, 1.807) is 0 Å². The zero-order valence-electron chi connectivity index (χ0n) is 11.2. The van der Waals surface area contributed by atoms with Gasteiger partial charge >= 0.3 is 6.18 Å². The Labute approximate surface area is 110 Å². The average Bonchev–Trinajstić information content (AvgIpc) is 2.22. The van der Waals surface area contributed by atoms with Crippen molar-refractivity contribution in [2.75, 3.05) is 5.73 Å². The van der Waals surface area contributed by atoms with Crippen molar-refractivity contribution in [3.63, 3.8) is 0 Å². The van der Waals surface area contributed by atoms with Crippen molar-refractivity contribution >= 4 is 11.5 Å². The van der Waals surface area contributed by atoms with Gasteiger partial charge in [-0.05, 0) is 17.7 Å². The Morgan fingerprint density at radius 3 is 2.21 bits per heavy atom. The first-order valence-electron chi connectivity index (χ1n) is 5.78. The van der Waals surface area contributed by atoms with Crippen molar-refractivity contribution in [2.45, 2.75) is 33.5 Å². The molecule has 106 valence electrons. The van der Waals surface area contributed by atoms with Gasteiger partial charge in [0.2, 0.25) is 0 Å². The maximum atomic E-state index is 12.5. The number of anilines is 1. The minimum Gasteiger partial charge on any atom is -0.398 e. The van der Waals surface area contributed by atoms with Crippen LogP contribution in [-0.2, 0) is 12.7 Å². The summed E-state index contributed by atoms with van der Waals surface area (Å²) in [5, 5.41) is 0. The smallest absolute Gasteiger partial charge is 0.398 e. The average molecular weight is 273 g/mol. The molecule has 0 aromatic heterocycles. The fraction of sp³-hybridized carbons (Fsp3) is 0.462. The highest BCUT2D eigenvalue weighted by molar-refractivity contribution is 5.85. The summed E-state index contributed by atoms with van der Waals surface area (Å²) in [5.41, 5.74) is 10.4. The van der Waals surface area contributed by atoms with Crippen LogP contribution in [0.3, 0.4) is 0 Å². The van der Waals surface area contributed by atoms with Gasteiger partial charge in [0, 0.05) is 11.1 Å². The minimum atomic E-state index is -4.43. The van der Waals surface area contributed by atoms with Gasteiger partial charge < -0.3 is 11.5 Å². The highest BCUT2D eigenvalue weighted by Gasteiger charge is 2.32. The predicted octanol–water partition coefficient (Wildman–Crippen LogP) is 3.19. The van der Waals surface area contributed by atoms with Crippen molar-refractivity contribution in [3.8, 4) is 0 Å². The van der Waals surface area contributed by atoms with Gasteiger partial charge in [0.1, 0.15) is 0 Å². The molecule has 0 amide bonds. The van der Waals surface area contributed by atoms with Crippen molar-refractivity contribution in [3.05, 3.63) is 29.3 Å². The van der Waals surface area contributed by atoms with E-state index in [0.29, 0.717) is 11.4 Å². The molecule has 0 fully saturated rings. The number of nitrogens with two attached hydrogens (primary N) is 2. The molecule has 1 rings (SSSR count). The molecular formula is C13H18F3N3. The van der Waals surface area contributed by atoms with E-state index in [1.807, 2.05) is 20.8 Å². The van der Waals surface area contributed by atoms with Gasteiger partial charge in [-0.2, -0.15) is 13.2 Å². The van der Waals surface area contributed by atoms with Crippen molar-refractivity contribution in [1.82, 2.24) is 0 Å². The molecule has 6 heteroatoms. The Morgan fingerprint density at radius 2 is 1.79 bits per heavy atom. The van der Waals surface area contributed by atoms with Gasteiger partial charge in [0.05, 0.1) is 17.9 Å². The molecule has 0 spiro atoms. The molecular weight excluding hydrogens is 255 g/mol. The lowest BCUT2D eigenvalue weighted by Gasteiger charge is -2.17. The molecule has 1 aromatic rings. The minimum absolute atomic E-state index is 0.214. The molecule has 19 heavy (non-hydrogen) atoms. The zero-order valence-corrected chi connectivity index (χ0v) is 11.2. The number of nitrogen functional groups attached to an aromatic ring is 1. The number of benzene rings is 1. The van der Waals surface area contributed by atoms with E-state index in [2.05, 4.69) is 4.99 Å². The summed E-state index contributed by atoms with van der Waals surface area (Å²) in [6.45, 7) is 5.94. The topological polar surface area (TPSA) is 64.4 Å². The third-order valence-electron chi connectivity index (χ3n) is 2.62. The van der Waals surface area contributed by atoms with E-state index in [4.69, 9.17) is 11.5 Å². The quantitative estimate of drug-likeness (QED) is 0.494. The lowest BCUT2D eigenvalue weighted by molar-refractivity contribution is -0.136. The van der Waals surface area contributed by atoms with Crippen LogP contribution in [0.15, 0.2) is 23.2 Å². The van der Waals surface area contributed by atoms with E-state index < -0.39 is 11.7 Å². The van der Waals surface area contributed by atoms with Gasteiger partial charge in [-0.15, -0.1) is 0 Å². The van der Waals surface area contributed by atoms with Crippen LogP contribution in [0.4, 0.5) is 18.9 Å². The summed E-state index contributed by atoms with van der Waals surface area (Å²) >= 11 is 0. The molecule has 4 N–H and O–H groups in total. The van der Waals surface area contributed by atoms with E-state index in [1.165, 1.54) is 12.1 Å². The largest absolute Gasteiger partial charge is 0.418 e. The SMILES string of the molecule is CC(C)(C)C(N)=NCc1ccc(C(F)(F)F)c(N)c1. The van der Waals surface area contributed by atoms with Crippen molar-refractivity contribution < 1.29 is 13.2 Å². The lowest BCUT2D eigenvalue weighted by Crippen LogP contribution is -2.29. The van der Waals surface area contributed by atoms with E-state index in [-0.39, 0.29) is 17.6 Å². The van der Waals surface area contributed by atoms with Crippen LogP contribution in [0.1, 0.15) is 31.9 Å². The van der Waals surface area contributed by atoms with Crippen molar-refractivity contribution in [2.24, 2.45) is 16.1 Å². The number of halogens is 3. The summed E-state index contributed by atoms with van der Waals surface area (Å²) in [5.74, 6) is 0.450. The molecule has 1 aromatic carbocycles. The van der Waals surface area contributed by atoms with E-state index in [0.717, 1.165) is 6.07 Å². The molecule has 3 nitrogen and oxygen atoms in total. The molecule has 0 heterocycles. The molecule has 0 aliphatic rings. The van der Waals surface area contributed by atoms with Crippen LogP contribution in [0.5, 0.6) is 0 Å². The van der Waals surface area contributed by atoms with Crippen LogP contribution in [0.25, 0.3) is 0 Å². The van der Waals surface area contributed by atoms with Gasteiger partial charge in [-0.1, -0.05) is 26.8 Å². The number of aliphatic imine (C=N–C) groups is 1. The summed E-state index contributed by atoms with van der Waals surface area (Å²) in [4.78, 5) is 4.16. The Kier molecular flexibility index (Phi) is 4.12. The Morgan fingerprint density at radius 1 is 1.21 bits per heavy atom. The second-order valence-electron chi connectivity index (χ2n) is 5.37. The Balaban J connectivity index is 2.92. The standard InChI is InChI=1S/C13H18F3N3/c1-12(2,3)11(18)19-7-8-4-5-9(10(17)6-8)13(14,15)16/h4-6H,7,17H2,1-3H3,(H2,18,19). The molecule has 0 bridgehead atoms. The van der Waals surface area contributed by atoms with Crippen molar-refractivity contribution in [1.29, 1.82) is 0 Å². The highest BCUT2D eigenvalue weighted by Crippen LogP contribution is 2.33. The molecule has 0 saturated carbocycles. The summed E-state index contributed by atoms with van der Waals surface area (Å²) in [7, 11) is 0. The molecule has 0 saturated heterocycles. The number of hydrogen-bond donors (Lipinski definition) is 2. The van der Waals surface area contributed by atoms with Crippen LogP contribution in [-0.4, -0.2) is 5.84 Å². The summed E-state index contributed by atoms with van der Waals surface area (Å²) in [6.07, 6.45) is -4.43. The van der Waals surface area contributed by atoms with E-state index in [9.17, 15) is 13.2 Å². The molecule has 0 atom stereocenters. The maximum absolute atomic E-state index is 12.5. The molecule has 0 unspecified atom stereocenters. The Hall–Kier alpha value is -1.72. The maximum Gasteiger partial charge on any atom is 0.418 e. The number of amidine groups is 1. The third kappa shape index (κ3) is 4.15. The highest BCUT2D eigenvalue weighted by atomic mass is 19.4. The first kappa shape index (κ1) is 15.3. The Bertz CT molecular complexity index is 485. The summed E-state index contributed by atoms with van der Waals surface area (Å²) in [6, 6.07) is 3.61. The lowest BCUT2D eigenvalue weighted by atomic mass is 9.95. The van der Waals surface area contributed by atoms with Crippen LogP contribution < -0.4 is 11.5 Å². The number of rotatable bonds is 2. The van der Waals surface area contributed by atoms with Crippen LogP contribution >= 0.6 is 0 Å². The molecule has 0 radical (unpaired) electrons. The zero-order chi connectivity index (χ0) is 14.8. The van der Waals surface area contributed by atoms with Gasteiger partial charge in [-0.25, -0.2) is 0 Å². The first-order chi connectivity index (χ1) is 8.51. The number of hydrogen-bond acceptors (Lipinski definition) is 2. The second-order valence-corrected chi connectivity index (χ2v) is 5.37. The second kappa shape index (κ2) is 5.11. The number of alkyl halides is 3. The first-order valence-corrected chi connectivity index (χ1v) is 5.78. The number of nitrogens with zero attached hydrogens (tertiary/aromatic N) is 1.